The van der Waals surface area contributed by atoms with E-state index in [0.717, 1.165) is 0 Å². The molecule has 1 aromatic heterocycles. The van der Waals surface area contributed by atoms with Gasteiger partial charge in [0.1, 0.15) is 23.4 Å². The van der Waals surface area contributed by atoms with Gasteiger partial charge in [0.15, 0.2) is 0 Å². The maximum absolute atomic E-state index is 12.9. The van der Waals surface area contributed by atoms with Gasteiger partial charge in [-0.05, 0) is 36.4 Å². The standard InChI is InChI=1S/C18H12FN5O/c19-13-5-7-14(8-6-13)23-17-11-21-16(10-22-17)18(25)24-15-4-2-1-3-12(15)9-20/h1-8,10-11H,(H,22,23)(H,24,25). The maximum Gasteiger partial charge on any atom is 0.275 e. The van der Waals surface area contributed by atoms with Gasteiger partial charge in [-0.15, -0.1) is 0 Å². The van der Waals surface area contributed by atoms with Crippen LogP contribution in [0.5, 0.6) is 0 Å². The van der Waals surface area contributed by atoms with Crippen LogP contribution in [-0.4, -0.2) is 15.9 Å². The molecule has 0 saturated heterocycles. The molecule has 0 atom stereocenters. The molecular weight excluding hydrogens is 321 g/mol. The molecule has 0 unspecified atom stereocenters. The quantitative estimate of drug-likeness (QED) is 0.763. The summed E-state index contributed by atoms with van der Waals surface area (Å²) in [5, 5.41) is 14.6. The number of carbonyl (C=O) groups excluding carboxylic acids is 1. The zero-order valence-corrected chi connectivity index (χ0v) is 12.9. The molecule has 3 rings (SSSR count). The molecule has 0 fully saturated rings. The molecule has 2 N–H and O–H groups in total. The number of benzene rings is 2. The molecule has 0 aliphatic heterocycles. The van der Waals surface area contributed by atoms with Crippen molar-refractivity contribution in [1.82, 2.24) is 9.97 Å². The number of nitrogens with zero attached hydrogens (tertiary/aromatic N) is 3. The van der Waals surface area contributed by atoms with E-state index in [0.29, 0.717) is 22.8 Å². The largest absolute Gasteiger partial charge is 0.339 e. The van der Waals surface area contributed by atoms with Gasteiger partial charge in [0.25, 0.3) is 5.91 Å². The Morgan fingerprint density at radius 2 is 1.80 bits per heavy atom. The Balaban J connectivity index is 1.70. The third-order valence-corrected chi connectivity index (χ3v) is 3.30. The Bertz CT molecular complexity index is 933. The number of hydrogen-bond donors (Lipinski definition) is 2. The predicted molar refractivity (Wildman–Crippen MR) is 90.8 cm³/mol. The number of para-hydroxylation sites is 1. The topological polar surface area (TPSA) is 90.7 Å². The fourth-order valence-corrected chi connectivity index (χ4v) is 2.07. The van der Waals surface area contributed by atoms with Crippen molar-refractivity contribution in [2.45, 2.75) is 0 Å². The molecule has 6 nitrogen and oxygen atoms in total. The maximum atomic E-state index is 12.9. The summed E-state index contributed by atoms with van der Waals surface area (Å²) in [7, 11) is 0. The Morgan fingerprint density at radius 3 is 2.48 bits per heavy atom. The van der Waals surface area contributed by atoms with E-state index in [1.165, 1.54) is 24.5 Å². The number of nitrogens with one attached hydrogen (secondary N) is 2. The Morgan fingerprint density at radius 1 is 1.04 bits per heavy atom. The molecule has 122 valence electrons. The van der Waals surface area contributed by atoms with Gasteiger partial charge in [0.2, 0.25) is 0 Å². The van der Waals surface area contributed by atoms with Crippen LogP contribution >= 0.6 is 0 Å². The second-order valence-corrected chi connectivity index (χ2v) is 5.03. The lowest BCUT2D eigenvalue weighted by Gasteiger charge is -2.07. The van der Waals surface area contributed by atoms with Gasteiger partial charge in [0.05, 0.1) is 23.6 Å². The number of rotatable bonds is 4. The zero-order valence-electron chi connectivity index (χ0n) is 12.9. The fourth-order valence-electron chi connectivity index (χ4n) is 2.07. The lowest BCUT2D eigenvalue weighted by atomic mass is 10.2. The number of anilines is 3. The summed E-state index contributed by atoms with van der Waals surface area (Å²) in [6.07, 6.45) is 2.71. The summed E-state index contributed by atoms with van der Waals surface area (Å²) < 4.78 is 12.9. The molecule has 7 heteroatoms. The monoisotopic (exact) mass is 333 g/mol. The average molecular weight is 333 g/mol. The lowest BCUT2D eigenvalue weighted by molar-refractivity contribution is 0.102. The molecule has 25 heavy (non-hydrogen) atoms. The van der Waals surface area contributed by atoms with E-state index in [-0.39, 0.29) is 11.5 Å². The molecule has 0 aliphatic carbocycles. The number of nitriles is 1. The van der Waals surface area contributed by atoms with Crippen LogP contribution in [0.15, 0.2) is 60.9 Å². The van der Waals surface area contributed by atoms with Crippen molar-refractivity contribution >= 4 is 23.1 Å². The van der Waals surface area contributed by atoms with Gasteiger partial charge in [-0.1, -0.05) is 12.1 Å². The molecule has 1 amide bonds. The van der Waals surface area contributed by atoms with Crippen LogP contribution < -0.4 is 10.6 Å². The Labute approximate surface area is 143 Å². The lowest BCUT2D eigenvalue weighted by Crippen LogP contribution is -2.15. The van der Waals surface area contributed by atoms with Crippen molar-refractivity contribution in [3.05, 3.63) is 78.0 Å². The minimum absolute atomic E-state index is 0.109. The average Bonchev–Trinajstić information content (AvgIpc) is 2.64. The molecule has 1 heterocycles. The van der Waals surface area contributed by atoms with E-state index in [1.54, 1.807) is 36.4 Å². The summed E-state index contributed by atoms with van der Waals surface area (Å²) >= 11 is 0. The van der Waals surface area contributed by atoms with Crippen molar-refractivity contribution < 1.29 is 9.18 Å². The summed E-state index contributed by atoms with van der Waals surface area (Å²) in [5.74, 6) is -0.384. The summed E-state index contributed by atoms with van der Waals surface area (Å²) in [5.41, 5.74) is 1.52. The third-order valence-electron chi connectivity index (χ3n) is 3.30. The van der Waals surface area contributed by atoms with E-state index < -0.39 is 5.91 Å². The third kappa shape index (κ3) is 3.95. The second kappa shape index (κ2) is 7.19. The van der Waals surface area contributed by atoms with Gasteiger partial charge >= 0.3 is 0 Å². The van der Waals surface area contributed by atoms with Crippen LogP contribution in [0.4, 0.5) is 21.6 Å². The van der Waals surface area contributed by atoms with Gasteiger partial charge in [-0.3, -0.25) is 4.79 Å². The van der Waals surface area contributed by atoms with Crippen molar-refractivity contribution in [3.63, 3.8) is 0 Å². The molecule has 0 radical (unpaired) electrons. The van der Waals surface area contributed by atoms with Gasteiger partial charge in [-0.2, -0.15) is 5.26 Å². The first kappa shape index (κ1) is 16.1. The van der Waals surface area contributed by atoms with E-state index in [4.69, 9.17) is 5.26 Å². The van der Waals surface area contributed by atoms with Crippen LogP contribution in [-0.2, 0) is 0 Å². The van der Waals surface area contributed by atoms with Gasteiger partial charge in [-0.25, -0.2) is 14.4 Å². The molecule has 0 spiro atoms. The van der Waals surface area contributed by atoms with Crippen LogP contribution in [0.1, 0.15) is 16.1 Å². The number of carbonyl (C=O) groups is 1. The van der Waals surface area contributed by atoms with Gasteiger partial charge in [0, 0.05) is 5.69 Å². The summed E-state index contributed by atoms with van der Waals surface area (Å²) in [6, 6.07) is 14.5. The highest BCUT2D eigenvalue weighted by atomic mass is 19.1. The molecule has 0 aliphatic rings. The number of aromatic nitrogens is 2. The first-order valence-corrected chi connectivity index (χ1v) is 7.31. The molecule has 2 aromatic carbocycles. The summed E-state index contributed by atoms with van der Waals surface area (Å²) in [4.78, 5) is 20.4. The smallest absolute Gasteiger partial charge is 0.275 e. The minimum Gasteiger partial charge on any atom is -0.339 e. The zero-order chi connectivity index (χ0) is 17.6. The number of halogens is 1. The van der Waals surface area contributed by atoms with Crippen molar-refractivity contribution in [3.8, 4) is 6.07 Å². The van der Waals surface area contributed by atoms with Crippen molar-refractivity contribution in [2.24, 2.45) is 0 Å². The normalized spacial score (nSPS) is 9.92. The molecule has 0 bridgehead atoms. The van der Waals surface area contributed by atoms with Crippen LogP contribution in [0.2, 0.25) is 0 Å². The SMILES string of the molecule is N#Cc1ccccc1NC(=O)c1cnc(Nc2ccc(F)cc2)cn1. The highest BCUT2D eigenvalue weighted by Crippen LogP contribution is 2.16. The van der Waals surface area contributed by atoms with E-state index in [1.807, 2.05) is 6.07 Å². The van der Waals surface area contributed by atoms with E-state index in [9.17, 15) is 9.18 Å². The van der Waals surface area contributed by atoms with Gasteiger partial charge < -0.3 is 10.6 Å². The summed E-state index contributed by atoms with van der Waals surface area (Å²) in [6.45, 7) is 0. The first-order chi connectivity index (χ1) is 12.2. The Hall–Kier alpha value is -3.79. The van der Waals surface area contributed by atoms with Crippen molar-refractivity contribution in [1.29, 1.82) is 5.26 Å². The second-order valence-electron chi connectivity index (χ2n) is 5.03. The van der Waals surface area contributed by atoms with E-state index in [2.05, 4.69) is 20.6 Å². The number of amides is 1. The first-order valence-electron chi connectivity index (χ1n) is 7.31. The molecule has 0 saturated carbocycles. The van der Waals surface area contributed by atoms with E-state index >= 15 is 0 Å². The highest BCUT2D eigenvalue weighted by Gasteiger charge is 2.11. The minimum atomic E-state index is -0.469. The number of hydrogen-bond acceptors (Lipinski definition) is 5. The molecule has 3 aromatic rings. The highest BCUT2D eigenvalue weighted by molar-refractivity contribution is 6.03. The fraction of sp³-hybridized carbons (Fsp3) is 0. The van der Waals surface area contributed by atoms with Crippen LogP contribution in [0, 0.1) is 17.1 Å². The van der Waals surface area contributed by atoms with Crippen LogP contribution in [0.25, 0.3) is 0 Å². The Kier molecular flexibility index (Phi) is 4.62. The molecular formula is C18H12FN5O. The predicted octanol–water partition coefficient (Wildman–Crippen LogP) is 3.48. The van der Waals surface area contributed by atoms with Crippen molar-refractivity contribution in [2.75, 3.05) is 10.6 Å². The van der Waals surface area contributed by atoms with Crippen LogP contribution in [0.3, 0.4) is 0 Å².